The first-order chi connectivity index (χ1) is 14.2. The molecule has 0 N–H and O–H groups in total. The Morgan fingerprint density at radius 2 is 1.83 bits per heavy atom. The van der Waals surface area contributed by atoms with Crippen molar-refractivity contribution in [3.63, 3.8) is 0 Å². The summed E-state index contributed by atoms with van der Waals surface area (Å²) in [6, 6.07) is 9.08. The molecule has 1 aliphatic heterocycles. The molecule has 1 aromatic heterocycles. The smallest absolute Gasteiger partial charge is 0.309 e. The van der Waals surface area contributed by atoms with Crippen LogP contribution in [-0.4, -0.2) is 49.5 Å². The molecule has 3 rings (SSSR count). The van der Waals surface area contributed by atoms with Crippen LogP contribution in [0.25, 0.3) is 0 Å². The molecule has 2 aromatic rings. The molecule has 1 unspecified atom stereocenters. The summed E-state index contributed by atoms with van der Waals surface area (Å²) in [6.07, 6.45) is 0.586. The van der Waals surface area contributed by atoms with E-state index < -0.39 is 15.8 Å². The number of esters is 1. The number of ketones is 1. The van der Waals surface area contributed by atoms with Gasteiger partial charge in [0.25, 0.3) is 0 Å². The van der Waals surface area contributed by atoms with Crippen LogP contribution in [0.4, 0.5) is 0 Å². The van der Waals surface area contributed by atoms with Crippen LogP contribution >= 0.6 is 0 Å². The van der Waals surface area contributed by atoms with E-state index in [9.17, 15) is 18.0 Å². The Kier molecular flexibility index (Phi) is 6.65. The number of carbonyl (C=O) groups is 2. The van der Waals surface area contributed by atoms with Crippen LogP contribution in [0.1, 0.15) is 46.2 Å². The van der Waals surface area contributed by atoms with Gasteiger partial charge in [-0.05, 0) is 45.4 Å². The number of benzene rings is 1. The first kappa shape index (κ1) is 22.1. The van der Waals surface area contributed by atoms with Gasteiger partial charge in [0.15, 0.2) is 16.4 Å². The number of hydrogen-bond donors (Lipinski definition) is 0. The highest BCUT2D eigenvalue weighted by Gasteiger charge is 2.31. The third kappa shape index (κ3) is 5.30. The van der Waals surface area contributed by atoms with Crippen LogP contribution in [0.15, 0.2) is 30.3 Å². The quantitative estimate of drug-likeness (QED) is 0.470. The number of nitrogens with zero attached hydrogens (tertiary/aromatic N) is 1. The second-order valence-electron chi connectivity index (χ2n) is 7.71. The maximum Gasteiger partial charge on any atom is 0.309 e. The second-order valence-corrected chi connectivity index (χ2v) is 9.94. The monoisotopic (exact) mass is 433 g/mol. The van der Waals surface area contributed by atoms with Crippen LogP contribution in [0.3, 0.4) is 0 Å². The van der Waals surface area contributed by atoms with Crippen LogP contribution in [0, 0.1) is 20.8 Å². The standard InChI is InChI=1S/C22H27NO6S/c1-15-4-6-19(7-5-15)28-10-8-22(25)29-13-21(24)20-12-16(2)23(17(20)3)18-9-11-30(26,27)14-18/h4-7,12,18H,8-11,13-14H2,1-3H3. The van der Waals surface area contributed by atoms with Crippen molar-refractivity contribution in [1.29, 1.82) is 0 Å². The third-order valence-electron chi connectivity index (χ3n) is 5.32. The maximum atomic E-state index is 12.6. The fourth-order valence-electron chi connectivity index (χ4n) is 3.78. The molecule has 2 heterocycles. The number of sulfone groups is 1. The molecule has 0 radical (unpaired) electrons. The molecule has 1 saturated heterocycles. The Morgan fingerprint density at radius 1 is 1.13 bits per heavy atom. The molecule has 162 valence electrons. The summed E-state index contributed by atoms with van der Waals surface area (Å²) in [7, 11) is -3.03. The van der Waals surface area contributed by atoms with Crippen LogP contribution in [-0.2, 0) is 19.4 Å². The number of Topliss-reactive ketones (excluding diaryl/α,β-unsaturated/α-hetero) is 1. The molecular weight excluding hydrogens is 406 g/mol. The molecule has 0 bridgehead atoms. The van der Waals surface area contributed by atoms with Crippen LogP contribution < -0.4 is 4.74 Å². The van der Waals surface area contributed by atoms with Crippen molar-refractivity contribution in [1.82, 2.24) is 4.57 Å². The van der Waals surface area contributed by atoms with E-state index in [-0.39, 0.29) is 43.0 Å². The fraction of sp³-hybridized carbons (Fsp3) is 0.455. The zero-order chi connectivity index (χ0) is 21.9. The van der Waals surface area contributed by atoms with Gasteiger partial charge in [0, 0.05) is 23.0 Å². The third-order valence-corrected chi connectivity index (χ3v) is 7.07. The molecule has 8 heteroatoms. The molecule has 0 saturated carbocycles. The molecule has 1 aliphatic rings. The first-order valence-corrected chi connectivity index (χ1v) is 11.8. The predicted octanol–water partition coefficient (Wildman–Crippen LogP) is 2.97. The van der Waals surface area contributed by atoms with Crippen molar-refractivity contribution >= 4 is 21.6 Å². The topological polar surface area (TPSA) is 91.7 Å². The van der Waals surface area contributed by atoms with Crippen molar-refractivity contribution in [2.75, 3.05) is 24.7 Å². The summed E-state index contributed by atoms with van der Waals surface area (Å²) in [6.45, 7) is 5.44. The average Bonchev–Trinajstić information content (AvgIpc) is 3.19. The van der Waals surface area contributed by atoms with Gasteiger partial charge >= 0.3 is 5.97 Å². The number of hydrogen-bond acceptors (Lipinski definition) is 6. The SMILES string of the molecule is Cc1ccc(OCCC(=O)OCC(=O)c2cc(C)n(C3CCS(=O)(=O)C3)c2C)cc1. The lowest BCUT2D eigenvalue weighted by atomic mass is 10.1. The number of aromatic nitrogens is 1. The number of rotatable bonds is 8. The van der Waals surface area contributed by atoms with E-state index in [2.05, 4.69) is 0 Å². The molecule has 7 nitrogen and oxygen atoms in total. The van der Waals surface area contributed by atoms with Crippen LogP contribution in [0.2, 0.25) is 0 Å². The van der Waals surface area contributed by atoms with Crippen molar-refractivity contribution in [2.45, 2.75) is 39.7 Å². The minimum atomic E-state index is -3.03. The average molecular weight is 434 g/mol. The molecule has 1 fully saturated rings. The van der Waals surface area contributed by atoms with E-state index in [4.69, 9.17) is 9.47 Å². The van der Waals surface area contributed by atoms with Crippen molar-refractivity contribution < 1.29 is 27.5 Å². The van der Waals surface area contributed by atoms with Crippen LogP contribution in [0.5, 0.6) is 5.75 Å². The van der Waals surface area contributed by atoms with Gasteiger partial charge in [-0.1, -0.05) is 17.7 Å². The molecular formula is C22H27NO6S. The van der Waals surface area contributed by atoms with E-state index in [1.807, 2.05) is 42.7 Å². The Balaban J connectivity index is 1.51. The molecule has 0 amide bonds. The van der Waals surface area contributed by atoms with Crippen molar-refractivity contribution in [2.24, 2.45) is 0 Å². The summed E-state index contributed by atoms with van der Waals surface area (Å²) in [5, 5.41) is 0. The van der Waals surface area contributed by atoms with Gasteiger partial charge in [0.2, 0.25) is 5.78 Å². The zero-order valence-corrected chi connectivity index (χ0v) is 18.3. The lowest BCUT2D eigenvalue weighted by Gasteiger charge is -2.16. The van der Waals surface area contributed by atoms with E-state index in [1.165, 1.54) is 0 Å². The van der Waals surface area contributed by atoms with E-state index >= 15 is 0 Å². The largest absolute Gasteiger partial charge is 0.493 e. The summed E-state index contributed by atoms with van der Waals surface area (Å²) < 4.78 is 36.1. The van der Waals surface area contributed by atoms with Gasteiger partial charge in [-0.2, -0.15) is 0 Å². The maximum absolute atomic E-state index is 12.6. The van der Waals surface area contributed by atoms with Gasteiger partial charge in [0.1, 0.15) is 5.75 Å². The van der Waals surface area contributed by atoms with E-state index in [0.717, 1.165) is 11.3 Å². The zero-order valence-electron chi connectivity index (χ0n) is 17.5. The van der Waals surface area contributed by atoms with Gasteiger partial charge in [-0.3, -0.25) is 9.59 Å². The summed E-state index contributed by atoms with van der Waals surface area (Å²) in [5.41, 5.74) is 3.11. The van der Waals surface area contributed by atoms with Gasteiger partial charge < -0.3 is 14.0 Å². The summed E-state index contributed by atoms with van der Waals surface area (Å²) in [5.74, 6) is 0.118. The molecule has 0 aliphatic carbocycles. The highest BCUT2D eigenvalue weighted by atomic mass is 32.2. The van der Waals surface area contributed by atoms with Crippen molar-refractivity contribution in [3.05, 3.63) is 52.8 Å². The Bertz CT molecular complexity index is 1040. The fourth-order valence-corrected chi connectivity index (χ4v) is 5.48. The van der Waals surface area contributed by atoms with E-state index in [0.29, 0.717) is 23.4 Å². The Hall–Kier alpha value is -2.61. The summed E-state index contributed by atoms with van der Waals surface area (Å²) in [4.78, 5) is 24.5. The minimum Gasteiger partial charge on any atom is -0.493 e. The van der Waals surface area contributed by atoms with Gasteiger partial charge in [-0.25, -0.2) is 8.42 Å². The number of ether oxygens (including phenoxy) is 2. The lowest BCUT2D eigenvalue weighted by molar-refractivity contribution is -0.143. The molecule has 1 aromatic carbocycles. The summed E-state index contributed by atoms with van der Waals surface area (Å²) >= 11 is 0. The second kappa shape index (κ2) is 9.04. The highest BCUT2D eigenvalue weighted by molar-refractivity contribution is 7.91. The molecule has 1 atom stereocenters. The van der Waals surface area contributed by atoms with Gasteiger partial charge in [-0.15, -0.1) is 0 Å². The van der Waals surface area contributed by atoms with Crippen molar-refractivity contribution in [3.8, 4) is 5.75 Å². The predicted molar refractivity (Wildman–Crippen MR) is 113 cm³/mol. The lowest BCUT2D eigenvalue weighted by Crippen LogP contribution is -2.17. The number of aryl methyl sites for hydroxylation is 2. The Morgan fingerprint density at radius 3 is 2.47 bits per heavy atom. The van der Waals surface area contributed by atoms with E-state index in [1.54, 1.807) is 13.0 Å². The number of carbonyl (C=O) groups excluding carboxylic acids is 2. The normalized spacial score (nSPS) is 17.6. The first-order valence-electron chi connectivity index (χ1n) is 9.93. The molecule has 0 spiro atoms. The Labute approximate surface area is 176 Å². The molecule has 30 heavy (non-hydrogen) atoms. The minimum absolute atomic E-state index is 0.0418. The highest BCUT2D eigenvalue weighted by Crippen LogP contribution is 2.29. The van der Waals surface area contributed by atoms with Gasteiger partial charge in [0.05, 0.1) is 24.5 Å².